The summed E-state index contributed by atoms with van der Waals surface area (Å²) in [6.45, 7) is 8.11. The van der Waals surface area contributed by atoms with Crippen LogP contribution in [0.5, 0.6) is 0 Å². The van der Waals surface area contributed by atoms with Crippen LogP contribution in [-0.2, 0) is 9.53 Å². The number of amides is 1. The molecule has 1 saturated carbocycles. The normalized spacial score (nSPS) is 21.0. The quantitative estimate of drug-likeness (QED) is 0.684. The number of rotatable bonds is 8. The van der Waals surface area contributed by atoms with Gasteiger partial charge in [-0.15, -0.1) is 24.8 Å². The number of morpholine rings is 1. The van der Waals surface area contributed by atoms with Crippen molar-refractivity contribution in [2.24, 2.45) is 17.6 Å². The van der Waals surface area contributed by atoms with E-state index in [1.165, 1.54) is 12.8 Å². The molecule has 2 atom stereocenters. The van der Waals surface area contributed by atoms with Gasteiger partial charge in [0.1, 0.15) is 0 Å². The van der Waals surface area contributed by atoms with Crippen molar-refractivity contribution in [3.63, 3.8) is 0 Å². The summed E-state index contributed by atoms with van der Waals surface area (Å²) in [5, 5.41) is 3.10. The summed E-state index contributed by atoms with van der Waals surface area (Å²) in [6, 6.07) is 0.0938. The number of carbonyl (C=O) groups excluding carboxylic acids is 1. The Balaban J connectivity index is 0.00000242. The molecule has 23 heavy (non-hydrogen) atoms. The molecule has 0 aromatic heterocycles. The van der Waals surface area contributed by atoms with E-state index in [0.717, 1.165) is 39.1 Å². The molecule has 0 aromatic rings. The fourth-order valence-corrected chi connectivity index (χ4v) is 3.28. The standard InChI is InChI=1S/C16H31N3O2.2ClH/c1-3-12(4-2)15(19-7-9-21-10-8-19)16(20)18-11-14(17)13-5-6-13;;/h12-15H,3-11,17H2,1-2H3,(H,18,20);2*1H. The summed E-state index contributed by atoms with van der Waals surface area (Å²) in [4.78, 5) is 15.0. The molecule has 1 aliphatic heterocycles. The first-order chi connectivity index (χ1) is 10.2. The molecule has 1 aliphatic carbocycles. The van der Waals surface area contributed by atoms with Crippen LogP contribution < -0.4 is 11.1 Å². The maximum Gasteiger partial charge on any atom is 0.237 e. The molecule has 1 amide bonds. The summed E-state index contributed by atoms with van der Waals surface area (Å²) in [7, 11) is 0. The van der Waals surface area contributed by atoms with Crippen LogP contribution in [0.3, 0.4) is 0 Å². The highest BCUT2D eigenvalue weighted by atomic mass is 35.5. The van der Waals surface area contributed by atoms with E-state index in [-0.39, 0.29) is 42.8 Å². The van der Waals surface area contributed by atoms with E-state index in [0.29, 0.717) is 18.4 Å². The number of hydrogen-bond acceptors (Lipinski definition) is 4. The summed E-state index contributed by atoms with van der Waals surface area (Å²) in [5.74, 6) is 1.18. The van der Waals surface area contributed by atoms with Crippen LogP contribution in [0, 0.1) is 11.8 Å². The van der Waals surface area contributed by atoms with Crippen LogP contribution in [0.15, 0.2) is 0 Å². The highest BCUT2D eigenvalue weighted by Gasteiger charge is 2.34. The maximum absolute atomic E-state index is 12.7. The SMILES string of the molecule is CCC(CC)C(C(=O)NCC(N)C1CC1)N1CCOCC1.Cl.Cl. The molecule has 2 rings (SSSR count). The number of nitrogens with two attached hydrogens (primary N) is 1. The number of nitrogens with one attached hydrogen (secondary N) is 1. The molecule has 1 heterocycles. The Morgan fingerprint density at radius 3 is 2.26 bits per heavy atom. The first kappa shape index (κ1) is 22.9. The molecule has 1 saturated heterocycles. The van der Waals surface area contributed by atoms with Gasteiger partial charge >= 0.3 is 0 Å². The van der Waals surface area contributed by atoms with Gasteiger partial charge in [-0.05, 0) is 24.7 Å². The van der Waals surface area contributed by atoms with Crippen LogP contribution >= 0.6 is 24.8 Å². The minimum Gasteiger partial charge on any atom is -0.379 e. The van der Waals surface area contributed by atoms with Crippen LogP contribution in [0.1, 0.15) is 39.5 Å². The second-order valence-corrected chi connectivity index (χ2v) is 6.42. The average Bonchev–Trinajstić information content (AvgIpc) is 3.35. The van der Waals surface area contributed by atoms with Gasteiger partial charge in [-0.3, -0.25) is 9.69 Å². The van der Waals surface area contributed by atoms with E-state index in [1.54, 1.807) is 0 Å². The van der Waals surface area contributed by atoms with Crippen molar-refractivity contribution in [2.45, 2.75) is 51.6 Å². The van der Waals surface area contributed by atoms with E-state index in [4.69, 9.17) is 10.5 Å². The number of nitrogens with zero attached hydrogens (tertiary/aromatic N) is 1. The smallest absolute Gasteiger partial charge is 0.237 e. The van der Waals surface area contributed by atoms with Crippen molar-refractivity contribution < 1.29 is 9.53 Å². The molecule has 2 fully saturated rings. The summed E-state index contributed by atoms with van der Waals surface area (Å²) >= 11 is 0. The van der Waals surface area contributed by atoms with Gasteiger partial charge in [-0.25, -0.2) is 0 Å². The highest BCUT2D eigenvalue weighted by Crippen LogP contribution is 2.31. The molecule has 0 bridgehead atoms. The van der Waals surface area contributed by atoms with Gasteiger partial charge in [0.25, 0.3) is 0 Å². The Kier molecular flexibility index (Phi) is 11.4. The number of ether oxygens (including phenoxy) is 1. The molecule has 5 nitrogen and oxygen atoms in total. The monoisotopic (exact) mass is 369 g/mol. The summed E-state index contributed by atoms with van der Waals surface area (Å²) in [6.07, 6.45) is 4.49. The van der Waals surface area contributed by atoms with E-state index >= 15 is 0 Å². The van der Waals surface area contributed by atoms with Crippen LogP contribution in [0.4, 0.5) is 0 Å². The zero-order valence-electron chi connectivity index (χ0n) is 14.3. The lowest BCUT2D eigenvalue weighted by Crippen LogP contribution is -2.55. The van der Waals surface area contributed by atoms with Gasteiger partial charge in [-0.1, -0.05) is 26.7 Å². The van der Waals surface area contributed by atoms with Gasteiger partial charge in [-0.2, -0.15) is 0 Å². The third kappa shape index (κ3) is 6.75. The van der Waals surface area contributed by atoms with Crippen LogP contribution in [0.2, 0.25) is 0 Å². The minimum absolute atomic E-state index is 0. The lowest BCUT2D eigenvalue weighted by atomic mass is 9.91. The second kappa shape index (κ2) is 11.5. The molecule has 0 aromatic carbocycles. The van der Waals surface area contributed by atoms with Gasteiger partial charge in [0.2, 0.25) is 5.91 Å². The Morgan fingerprint density at radius 1 is 1.22 bits per heavy atom. The fraction of sp³-hybridized carbons (Fsp3) is 0.938. The van der Waals surface area contributed by atoms with E-state index < -0.39 is 0 Å². The molecule has 2 unspecified atom stereocenters. The summed E-state index contributed by atoms with van der Waals surface area (Å²) < 4.78 is 5.42. The molecule has 138 valence electrons. The Morgan fingerprint density at radius 2 is 1.78 bits per heavy atom. The third-order valence-corrected chi connectivity index (χ3v) is 4.94. The Hall–Kier alpha value is -0.0700. The van der Waals surface area contributed by atoms with Crippen molar-refractivity contribution in [1.82, 2.24) is 10.2 Å². The largest absolute Gasteiger partial charge is 0.379 e. The second-order valence-electron chi connectivity index (χ2n) is 6.42. The van der Waals surface area contributed by atoms with Gasteiger partial charge in [0, 0.05) is 25.7 Å². The average molecular weight is 370 g/mol. The zero-order valence-corrected chi connectivity index (χ0v) is 16.0. The van der Waals surface area contributed by atoms with Crippen molar-refractivity contribution in [2.75, 3.05) is 32.8 Å². The van der Waals surface area contributed by atoms with Gasteiger partial charge < -0.3 is 15.8 Å². The first-order valence-electron chi connectivity index (χ1n) is 8.52. The van der Waals surface area contributed by atoms with Gasteiger partial charge in [0.15, 0.2) is 0 Å². The highest BCUT2D eigenvalue weighted by molar-refractivity contribution is 5.85. The Labute approximate surface area is 152 Å². The van der Waals surface area contributed by atoms with E-state index in [2.05, 4.69) is 24.1 Å². The number of halogens is 2. The van der Waals surface area contributed by atoms with Crippen molar-refractivity contribution >= 4 is 30.7 Å². The summed E-state index contributed by atoms with van der Waals surface area (Å²) in [5.41, 5.74) is 6.10. The molecular weight excluding hydrogens is 337 g/mol. The van der Waals surface area contributed by atoms with Crippen LogP contribution in [-0.4, -0.2) is 55.7 Å². The fourth-order valence-electron chi connectivity index (χ4n) is 3.28. The van der Waals surface area contributed by atoms with E-state index in [9.17, 15) is 4.79 Å². The van der Waals surface area contributed by atoms with Gasteiger partial charge in [0.05, 0.1) is 19.3 Å². The maximum atomic E-state index is 12.7. The zero-order chi connectivity index (χ0) is 15.2. The first-order valence-corrected chi connectivity index (χ1v) is 8.52. The molecular formula is C16H33Cl2N3O2. The Bertz CT molecular complexity index is 333. The predicted octanol–water partition coefficient (Wildman–Crippen LogP) is 1.82. The topological polar surface area (TPSA) is 67.6 Å². The van der Waals surface area contributed by atoms with Crippen LogP contribution in [0.25, 0.3) is 0 Å². The molecule has 7 heteroatoms. The molecule has 3 N–H and O–H groups in total. The van der Waals surface area contributed by atoms with Crippen molar-refractivity contribution in [1.29, 1.82) is 0 Å². The molecule has 0 spiro atoms. The predicted molar refractivity (Wildman–Crippen MR) is 98.5 cm³/mol. The minimum atomic E-state index is -0.0321. The molecule has 2 aliphatic rings. The van der Waals surface area contributed by atoms with E-state index in [1.807, 2.05) is 0 Å². The lowest BCUT2D eigenvalue weighted by molar-refractivity contribution is -0.130. The van der Waals surface area contributed by atoms with Crippen molar-refractivity contribution in [3.8, 4) is 0 Å². The third-order valence-electron chi connectivity index (χ3n) is 4.94. The number of hydrogen-bond donors (Lipinski definition) is 2. The van der Waals surface area contributed by atoms with Crippen molar-refractivity contribution in [3.05, 3.63) is 0 Å². The number of carbonyl (C=O) groups is 1. The molecule has 0 radical (unpaired) electrons. The lowest BCUT2D eigenvalue weighted by Gasteiger charge is -2.37.